The van der Waals surface area contributed by atoms with Crippen LogP contribution >= 0.6 is 11.8 Å². The maximum atomic E-state index is 12.4. The zero-order chi connectivity index (χ0) is 15.6. The minimum atomic E-state index is -1.51. The van der Waals surface area contributed by atoms with Crippen LogP contribution in [-0.4, -0.2) is 22.7 Å². The minimum Gasteiger partial charge on any atom is -0.481 e. The second-order valence-electron chi connectivity index (χ2n) is 4.61. The van der Waals surface area contributed by atoms with E-state index in [-0.39, 0.29) is 5.75 Å². The fourth-order valence-corrected chi connectivity index (χ4v) is 3.44. The van der Waals surface area contributed by atoms with E-state index >= 15 is 0 Å². The number of thioether (sulfide) groups is 1. The quantitative estimate of drug-likeness (QED) is 0.873. The average Bonchev–Trinajstić information content (AvgIpc) is 2.71. The SMILES string of the molecule is Cc1ccc2c(c1)C(SCC(=O)O)(C(C#N)C#N)C(=O)N2. The molecule has 6 nitrogen and oxygen atoms in total. The molecule has 2 rings (SSSR count). The van der Waals surface area contributed by atoms with Crippen LogP contribution in [0.15, 0.2) is 18.2 Å². The van der Waals surface area contributed by atoms with Crippen molar-refractivity contribution in [3.05, 3.63) is 29.3 Å². The van der Waals surface area contributed by atoms with Crippen molar-refractivity contribution in [3.63, 3.8) is 0 Å². The summed E-state index contributed by atoms with van der Waals surface area (Å²) in [6.07, 6.45) is 0. The number of benzene rings is 1. The zero-order valence-corrected chi connectivity index (χ0v) is 11.9. The fraction of sp³-hybridized carbons (Fsp3) is 0.286. The van der Waals surface area contributed by atoms with E-state index in [0.717, 1.165) is 17.3 Å². The number of anilines is 1. The number of aryl methyl sites for hydroxylation is 1. The van der Waals surface area contributed by atoms with Crippen molar-refractivity contribution in [2.75, 3.05) is 11.1 Å². The lowest BCUT2D eigenvalue weighted by molar-refractivity contribution is -0.133. The van der Waals surface area contributed by atoms with E-state index in [0.29, 0.717) is 11.3 Å². The van der Waals surface area contributed by atoms with Gasteiger partial charge in [0.1, 0.15) is 0 Å². The standard InChI is InChI=1S/C14H11N3O3S/c1-8-2-3-11-10(4-8)14(13(20)17-11,9(5-15)6-16)21-7-12(18)19/h2-4,9H,7H2,1H3,(H,17,20)(H,18,19). The highest BCUT2D eigenvalue weighted by molar-refractivity contribution is 8.01. The molecule has 0 spiro atoms. The molecule has 1 unspecified atom stereocenters. The summed E-state index contributed by atoms with van der Waals surface area (Å²) in [7, 11) is 0. The molecule has 0 aromatic heterocycles. The molecule has 1 aliphatic rings. The van der Waals surface area contributed by atoms with Crippen LogP contribution in [0.25, 0.3) is 0 Å². The second-order valence-corrected chi connectivity index (χ2v) is 5.83. The van der Waals surface area contributed by atoms with Crippen LogP contribution in [0.1, 0.15) is 11.1 Å². The smallest absolute Gasteiger partial charge is 0.313 e. The average molecular weight is 301 g/mol. The number of nitriles is 2. The van der Waals surface area contributed by atoms with Gasteiger partial charge >= 0.3 is 5.97 Å². The van der Waals surface area contributed by atoms with Gasteiger partial charge in [-0.15, -0.1) is 11.8 Å². The summed E-state index contributed by atoms with van der Waals surface area (Å²) >= 11 is 0.800. The molecule has 1 aliphatic heterocycles. The van der Waals surface area contributed by atoms with E-state index in [2.05, 4.69) is 5.32 Å². The van der Waals surface area contributed by atoms with Crippen molar-refractivity contribution in [1.82, 2.24) is 0 Å². The molecule has 1 amide bonds. The molecule has 0 saturated carbocycles. The van der Waals surface area contributed by atoms with E-state index in [9.17, 15) is 20.1 Å². The van der Waals surface area contributed by atoms with Crippen molar-refractivity contribution < 1.29 is 14.7 Å². The third-order valence-electron chi connectivity index (χ3n) is 3.25. The van der Waals surface area contributed by atoms with Crippen molar-refractivity contribution in [3.8, 4) is 12.1 Å². The van der Waals surface area contributed by atoms with Crippen LogP contribution in [0.2, 0.25) is 0 Å². The monoisotopic (exact) mass is 301 g/mol. The highest BCUT2D eigenvalue weighted by Crippen LogP contribution is 2.50. The molecule has 1 aromatic carbocycles. The van der Waals surface area contributed by atoms with Gasteiger partial charge < -0.3 is 10.4 Å². The summed E-state index contributed by atoms with van der Waals surface area (Å²) in [5, 5.41) is 30.0. The van der Waals surface area contributed by atoms with Gasteiger partial charge in [-0.05, 0) is 13.0 Å². The molecule has 0 aliphatic carbocycles. The van der Waals surface area contributed by atoms with Crippen LogP contribution < -0.4 is 5.32 Å². The molecule has 1 heterocycles. The van der Waals surface area contributed by atoms with Crippen molar-refractivity contribution in [2.45, 2.75) is 11.7 Å². The van der Waals surface area contributed by atoms with Crippen molar-refractivity contribution in [1.29, 1.82) is 10.5 Å². The fourth-order valence-electron chi connectivity index (χ4n) is 2.31. The molecule has 0 saturated heterocycles. The predicted octanol–water partition coefficient (Wildman–Crippen LogP) is 1.62. The molecular weight excluding hydrogens is 290 g/mol. The van der Waals surface area contributed by atoms with Gasteiger partial charge in [-0.2, -0.15) is 10.5 Å². The molecule has 0 radical (unpaired) electrons. The summed E-state index contributed by atoms with van der Waals surface area (Å²) < 4.78 is -1.51. The van der Waals surface area contributed by atoms with Gasteiger partial charge in [0.05, 0.1) is 17.9 Å². The Kier molecular flexibility index (Phi) is 3.88. The van der Waals surface area contributed by atoms with Gasteiger partial charge in [-0.1, -0.05) is 17.7 Å². The Morgan fingerprint density at radius 1 is 1.48 bits per heavy atom. The first-order chi connectivity index (χ1) is 9.95. The first-order valence-electron chi connectivity index (χ1n) is 6.03. The number of hydrogen-bond donors (Lipinski definition) is 2. The topological polar surface area (TPSA) is 114 Å². The lowest BCUT2D eigenvalue weighted by Gasteiger charge is -2.27. The second kappa shape index (κ2) is 5.47. The maximum Gasteiger partial charge on any atom is 0.313 e. The first kappa shape index (κ1) is 14.9. The Morgan fingerprint density at radius 2 is 2.14 bits per heavy atom. The van der Waals surface area contributed by atoms with Crippen LogP contribution in [0.4, 0.5) is 5.69 Å². The summed E-state index contributed by atoms with van der Waals surface area (Å²) in [6.45, 7) is 1.82. The molecule has 21 heavy (non-hydrogen) atoms. The Bertz CT molecular complexity index is 690. The number of nitrogens with zero attached hydrogens (tertiary/aromatic N) is 2. The number of carboxylic acid groups (broad SMARTS) is 1. The molecule has 1 aromatic rings. The lowest BCUT2D eigenvalue weighted by atomic mass is 9.87. The van der Waals surface area contributed by atoms with E-state index in [1.165, 1.54) is 0 Å². The Labute approximate surface area is 125 Å². The van der Waals surface area contributed by atoms with E-state index < -0.39 is 22.5 Å². The van der Waals surface area contributed by atoms with Gasteiger partial charge in [0.25, 0.3) is 0 Å². The number of carbonyl (C=O) groups excluding carboxylic acids is 1. The number of fused-ring (bicyclic) bond motifs is 1. The molecule has 1 atom stereocenters. The predicted molar refractivity (Wildman–Crippen MR) is 76.3 cm³/mol. The van der Waals surface area contributed by atoms with Gasteiger partial charge in [-0.3, -0.25) is 9.59 Å². The number of carbonyl (C=O) groups is 2. The summed E-state index contributed by atoms with van der Waals surface area (Å²) in [4.78, 5) is 23.3. The number of nitrogens with one attached hydrogen (secondary N) is 1. The first-order valence-corrected chi connectivity index (χ1v) is 7.02. The van der Waals surface area contributed by atoms with Gasteiger partial charge in [0.15, 0.2) is 10.7 Å². The maximum absolute atomic E-state index is 12.4. The van der Waals surface area contributed by atoms with E-state index in [1.54, 1.807) is 18.2 Å². The summed E-state index contributed by atoms with van der Waals surface area (Å²) in [5.41, 5.74) is 1.87. The van der Waals surface area contributed by atoms with Crippen LogP contribution in [-0.2, 0) is 14.3 Å². The van der Waals surface area contributed by atoms with Gasteiger partial charge in [-0.25, -0.2) is 0 Å². The molecule has 7 heteroatoms. The summed E-state index contributed by atoms with van der Waals surface area (Å²) in [5.74, 6) is -3.28. The highest BCUT2D eigenvalue weighted by Gasteiger charge is 2.54. The van der Waals surface area contributed by atoms with E-state index in [4.69, 9.17) is 5.11 Å². The number of carboxylic acids is 1. The van der Waals surface area contributed by atoms with Gasteiger partial charge in [0.2, 0.25) is 5.91 Å². The Morgan fingerprint density at radius 3 is 2.71 bits per heavy atom. The number of rotatable bonds is 4. The van der Waals surface area contributed by atoms with Crippen molar-refractivity contribution >= 4 is 29.3 Å². The molecule has 2 N–H and O–H groups in total. The number of aliphatic carboxylic acids is 1. The summed E-state index contributed by atoms with van der Waals surface area (Å²) in [6, 6.07) is 8.83. The third-order valence-corrected chi connectivity index (χ3v) is 4.74. The Balaban J connectivity index is 2.63. The highest BCUT2D eigenvalue weighted by atomic mass is 32.2. The Hall–Kier alpha value is -2.51. The largest absolute Gasteiger partial charge is 0.481 e. The van der Waals surface area contributed by atoms with Crippen LogP contribution in [0.3, 0.4) is 0 Å². The van der Waals surface area contributed by atoms with Gasteiger partial charge in [0, 0.05) is 11.3 Å². The number of amides is 1. The van der Waals surface area contributed by atoms with Crippen LogP contribution in [0.5, 0.6) is 0 Å². The third kappa shape index (κ3) is 2.32. The number of hydrogen-bond acceptors (Lipinski definition) is 5. The van der Waals surface area contributed by atoms with Crippen LogP contribution in [0, 0.1) is 35.5 Å². The lowest BCUT2D eigenvalue weighted by Crippen LogP contribution is -2.38. The van der Waals surface area contributed by atoms with Crippen molar-refractivity contribution in [2.24, 2.45) is 5.92 Å². The minimum absolute atomic E-state index is 0.374. The molecule has 106 valence electrons. The normalized spacial score (nSPS) is 19.5. The van der Waals surface area contributed by atoms with E-state index in [1.807, 2.05) is 19.1 Å². The molecule has 0 bridgehead atoms. The molecular formula is C14H11N3O3S. The zero-order valence-electron chi connectivity index (χ0n) is 11.1. The molecule has 0 fully saturated rings.